The smallest absolute Gasteiger partial charge is 0.338 e. The van der Waals surface area contributed by atoms with Gasteiger partial charge in [-0.3, -0.25) is 4.79 Å². The van der Waals surface area contributed by atoms with Crippen LogP contribution in [0, 0.1) is 20.8 Å². The molecule has 1 N–H and O–H groups in total. The molecule has 2 aromatic rings. The van der Waals surface area contributed by atoms with Crippen LogP contribution in [0.15, 0.2) is 36.4 Å². The third-order valence-electron chi connectivity index (χ3n) is 4.10. The molecule has 0 aliphatic heterocycles. The minimum atomic E-state index is -0.679. The van der Waals surface area contributed by atoms with E-state index in [1.54, 1.807) is 39.0 Å². The Labute approximate surface area is 154 Å². The van der Waals surface area contributed by atoms with Gasteiger partial charge in [-0.1, -0.05) is 18.2 Å². The van der Waals surface area contributed by atoms with Crippen LogP contribution in [0.25, 0.3) is 0 Å². The van der Waals surface area contributed by atoms with Crippen molar-refractivity contribution in [3.63, 3.8) is 0 Å². The average Bonchev–Trinajstić information content (AvgIpc) is 2.60. The fourth-order valence-electron chi connectivity index (χ4n) is 2.51. The van der Waals surface area contributed by atoms with Gasteiger partial charge >= 0.3 is 5.97 Å². The molecular formula is C21H25NO4. The molecule has 0 fully saturated rings. The van der Waals surface area contributed by atoms with E-state index in [9.17, 15) is 9.59 Å². The van der Waals surface area contributed by atoms with E-state index in [1.165, 1.54) is 0 Å². The Kier molecular flexibility index (Phi) is 6.39. The predicted octanol–water partition coefficient (Wildman–Crippen LogP) is 4.19. The molecule has 0 aliphatic rings. The zero-order chi connectivity index (χ0) is 19.3. The van der Waals surface area contributed by atoms with Gasteiger partial charge in [0.1, 0.15) is 5.75 Å². The van der Waals surface area contributed by atoms with Crippen molar-refractivity contribution in [3.8, 4) is 5.75 Å². The lowest BCUT2D eigenvalue weighted by atomic mass is 10.1. The van der Waals surface area contributed by atoms with Crippen LogP contribution < -0.4 is 10.1 Å². The number of benzene rings is 2. The lowest BCUT2D eigenvalue weighted by Crippen LogP contribution is -2.30. The molecule has 0 spiro atoms. The molecule has 1 amide bonds. The van der Waals surface area contributed by atoms with E-state index in [1.807, 2.05) is 32.0 Å². The van der Waals surface area contributed by atoms with Crippen LogP contribution in [0.5, 0.6) is 5.75 Å². The van der Waals surface area contributed by atoms with E-state index >= 15 is 0 Å². The molecule has 2 rings (SSSR count). The van der Waals surface area contributed by atoms with Gasteiger partial charge in [-0.15, -0.1) is 0 Å². The molecule has 0 aromatic heterocycles. The van der Waals surface area contributed by atoms with Gasteiger partial charge in [0.05, 0.1) is 12.2 Å². The number of aryl methyl sites for hydroxylation is 2. The maximum Gasteiger partial charge on any atom is 0.338 e. The van der Waals surface area contributed by atoms with E-state index in [0.29, 0.717) is 29.2 Å². The summed E-state index contributed by atoms with van der Waals surface area (Å²) in [6.45, 7) is 9.44. The molecule has 0 radical (unpaired) electrons. The Bertz CT molecular complexity index is 814. The topological polar surface area (TPSA) is 64.6 Å². The van der Waals surface area contributed by atoms with Crippen molar-refractivity contribution in [3.05, 3.63) is 58.7 Å². The van der Waals surface area contributed by atoms with Gasteiger partial charge in [-0.2, -0.15) is 0 Å². The number of anilines is 1. The Morgan fingerprint density at radius 1 is 1.12 bits per heavy atom. The number of carbonyl (C=O) groups is 2. The molecule has 1 atom stereocenters. The minimum absolute atomic E-state index is 0.282. The number of hydrogen-bond donors (Lipinski definition) is 1. The maximum atomic E-state index is 12.5. The summed E-state index contributed by atoms with van der Waals surface area (Å²) in [5, 5.41) is 2.83. The lowest BCUT2D eigenvalue weighted by molar-refractivity contribution is -0.122. The molecule has 0 saturated heterocycles. The van der Waals surface area contributed by atoms with Crippen molar-refractivity contribution in [2.75, 3.05) is 11.9 Å². The highest BCUT2D eigenvalue weighted by molar-refractivity contribution is 5.98. The van der Waals surface area contributed by atoms with Gasteiger partial charge in [0.2, 0.25) is 0 Å². The zero-order valence-corrected chi connectivity index (χ0v) is 15.9. The quantitative estimate of drug-likeness (QED) is 0.789. The summed E-state index contributed by atoms with van der Waals surface area (Å²) in [5.41, 5.74) is 3.70. The summed E-state index contributed by atoms with van der Waals surface area (Å²) >= 11 is 0. The maximum absolute atomic E-state index is 12.5. The second kappa shape index (κ2) is 8.52. The minimum Gasteiger partial charge on any atom is -0.481 e. The fourth-order valence-corrected chi connectivity index (χ4v) is 2.51. The molecule has 5 nitrogen and oxygen atoms in total. The van der Waals surface area contributed by atoms with Gasteiger partial charge in [0.15, 0.2) is 6.10 Å². The van der Waals surface area contributed by atoms with Crippen molar-refractivity contribution in [1.82, 2.24) is 0 Å². The van der Waals surface area contributed by atoms with Gasteiger partial charge in [-0.05, 0) is 69.5 Å². The number of ether oxygens (including phenoxy) is 2. The first-order chi connectivity index (χ1) is 12.3. The molecule has 0 aliphatic carbocycles. The monoisotopic (exact) mass is 355 g/mol. The number of esters is 1. The van der Waals surface area contributed by atoms with Gasteiger partial charge in [0.25, 0.3) is 5.91 Å². The highest BCUT2D eigenvalue weighted by atomic mass is 16.5. The number of carbonyl (C=O) groups excluding carboxylic acids is 2. The third kappa shape index (κ3) is 4.63. The molecule has 2 aromatic carbocycles. The van der Waals surface area contributed by atoms with Crippen LogP contribution >= 0.6 is 0 Å². The van der Waals surface area contributed by atoms with Crippen molar-refractivity contribution >= 4 is 17.6 Å². The second-order valence-electron chi connectivity index (χ2n) is 6.22. The molecular weight excluding hydrogens is 330 g/mol. The predicted molar refractivity (Wildman–Crippen MR) is 102 cm³/mol. The third-order valence-corrected chi connectivity index (χ3v) is 4.10. The molecule has 138 valence electrons. The molecule has 1 unspecified atom stereocenters. The fraction of sp³-hybridized carbons (Fsp3) is 0.333. The number of nitrogens with one attached hydrogen (secondary N) is 1. The molecule has 5 heteroatoms. The Morgan fingerprint density at radius 2 is 1.85 bits per heavy atom. The highest BCUT2D eigenvalue weighted by Gasteiger charge is 2.19. The summed E-state index contributed by atoms with van der Waals surface area (Å²) in [6.07, 6.45) is -0.679. The van der Waals surface area contributed by atoms with Gasteiger partial charge in [-0.25, -0.2) is 4.79 Å². The van der Waals surface area contributed by atoms with Crippen LogP contribution in [0.3, 0.4) is 0 Å². The van der Waals surface area contributed by atoms with Crippen molar-refractivity contribution in [2.45, 2.75) is 40.7 Å². The summed E-state index contributed by atoms with van der Waals surface area (Å²) in [6, 6.07) is 11.0. The van der Waals surface area contributed by atoms with E-state index < -0.39 is 12.1 Å². The first-order valence-corrected chi connectivity index (χ1v) is 8.65. The summed E-state index contributed by atoms with van der Waals surface area (Å²) < 4.78 is 10.9. The highest BCUT2D eigenvalue weighted by Crippen LogP contribution is 2.23. The number of amides is 1. The lowest BCUT2D eigenvalue weighted by Gasteiger charge is -2.18. The van der Waals surface area contributed by atoms with Crippen molar-refractivity contribution < 1.29 is 19.1 Å². The zero-order valence-electron chi connectivity index (χ0n) is 15.9. The largest absolute Gasteiger partial charge is 0.481 e. The van der Waals surface area contributed by atoms with Crippen molar-refractivity contribution in [2.24, 2.45) is 0 Å². The van der Waals surface area contributed by atoms with Crippen LogP contribution in [-0.4, -0.2) is 24.6 Å². The summed E-state index contributed by atoms with van der Waals surface area (Å²) in [7, 11) is 0. The van der Waals surface area contributed by atoms with Crippen LogP contribution in [0.4, 0.5) is 5.69 Å². The average molecular weight is 355 g/mol. The van der Waals surface area contributed by atoms with E-state index in [2.05, 4.69) is 5.32 Å². The number of hydrogen-bond acceptors (Lipinski definition) is 4. The Morgan fingerprint density at radius 3 is 2.54 bits per heavy atom. The van der Waals surface area contributed by atoms with Crippen LogP contribution in [0.2, 0.25) is 0 Å². The first kappa shape index (κ1) is 19.5. The summed E-state index contributed by atoms with van der Waals surface area (Å²) in [4.78, 5) is 24.5. The van der Waals surface area contributed by atoms with Gasteiger partial charge in [0, 0.05) is 5.69 Å². The molecule has 0 saturated carbocycles. The first-order valence-electron chi connectivity index (χ1n) is 8.65. The Balaban J connectivity index is 2.13. The van der Waals surface area contributed by atoms with Gasteiger partial charge < -0.3 is 14.8 Å². The molecule has 0 bridgehead atoms. The van der Waals surface area contributed by atoms with E-state index in [-0.39, 0.29) is 5.91 Å². The standard InChI is InChI=1S/C21H25NO4/c1-6-25-21(24)17-8-7-9-18(15(17)4)22-20(23)16(5)26-19-12-13(2)10-11-14(19)3/h7-12,16H,6H2,1-5H3,(H,22,23). The molecule has 0 heterocycles. The van der Waals surface area contributed by atoms with Crippen molar-refractivity contribution in [1.29, 1.82) is 0 Å². The Hall–Kier alpha value is -2.82. The second-order valence-corrected chi connectivity index (χ2v) is 6.22. The van der Waals surface area contributed by atoms with Crippen LogP contribution in [-0.2, 0) is 9.53 Å². The normalized spacial score (nSPS) is 11.6. The molecule has 26 heavy (non-hydrogen) atoms. The summed E-state index contributed by atoms with van der Waals surface area (Å²) in [5.74, 6) is 0.000411. The van der Waals surface area contributed by atoms with E-state index in [0.717, 1.165) is 11.1 Å². The SMILES string of the molecule is CCOC(=O)c1cccc(NC(=O)C(C)Oc2cc(C)ccc2C)c1C. The van der Waals surface area contributed by atoms with Crippen LogP contribution in [0.1, 0.15) is 40.9 Å². The number of rotatable bonds is 6. The van der Waals surface area contributed by atoms with E-state index in [4.69, 9.17) is 9.47 Å².